The molecule has 2 heterocycles. The normalized spacial score (nSPS) is 16.9. The minimum absolute atomic E-state index is 0.118. The minimum atomic E-state index is -0.996. The second-order valence-corrected chi connectivity index (χ2v) is 9.13. The van der Waals surface area contributed by atoms with Crippen molar-refractivity contribution in [3.05, 3.63) is 83.2 Å². The maximum absolute atomic E-state index is 13.8. The number of aliphatic hydroxyl groups is 1. The Kier molecular flexibility index (Phi) is 6.26. The number of aliphatic hydroxyl groups excluding tert-OH is 1. The molecule has 0 aliphatic carbocycles. The predicted molar refractivity (Wildman–Crippen MR) is 137 cm³/mol. The van der Waals surface area contributed by atoms with Crippen LogP contribution in [0.2, 0.25) is 0 Å². The van der Waals surface area contributed by atoms with Gasteiger partial charge in [0.2, 0.25) is 0 Å². The number of rotatable bonds is 6. The number of amides is 1. The molecule has 1 N–H and O–H groups in total. The van der Waals surface area contributed by atoms with Crippen LogP contribution in [0.15, 0.2) is 66.2 Å². The smallest absolute Gasteiger partial charge is 0.301 e. The summed E-state index contributed by atoms with van der Waals surface area (Å²) in [7, 11) is 4.46. The van der Waals surface area contributed by atoms with Gasteiger partial charge in [-0.1, -0.05) is 23.5 Å². The van der Waals surface area contributed by atoms with E-state index in [9.17, 15) is 19.1 Å². The van der Waals surface area contributed by atoms with E-state index in [1.165, 1.54) is 50.5 Å². The van der Waals surface area contributed by atoms with Crippen LogP contribution in [-0.2, 0) is 9.59 Å². The fourth-order valence-corrected chi connectivity index (χ4v) is 5.28. The van der Waals surface area contributed by atoms with Crippen LogP contribution in [0.5, 0.6) is 17.2 Å². The number of nitrogens with zero attached hydrogens (tertiary/aromatic N) is 2. The maximum atomic E-state index is 13.8. The number of halogens is 1. The van der Waals surface area contributed by atoms with Crippen LogP contribution >= 0.6 is 11.3 Å². The van der Waals surface area contributed by atoms with Crippen LogP contribution in [0.1, 0.15) is 17.2 Å². The van der Waals surface area contributed by atoms with Crippen LogP contribution in [0.4, 0.5) is 9.52 Å². The Balaban J connectivity index is 1.71. The molecule has 0 saturated carbocycles. The van der Waals surface area contributed by atoms with Gasteiger partial charge in [0.1, 0.15) is 17.3 Å². The van der Waals surface area contributed by atoms with Gasteiger partial charge in [0, 0.05) is 5.56 Å². The number of ketones is 1. The lowest BCUT2D eigenvalue weighted by molar-refractivity contribution is -0.132. The number of carbonyl (C=O) groups is 2. The summed E-state index contributed by atoms with van der Waals surface area (Å²) in [5.41, 5.74) is 1.18. The topological polar surface area (TPSA) is 98.2 Å². The first-order valence-corrected chi connectivity index (χ1v) is 11.9. The number of carbonyl (C=O) groups excluding carboxylic acids is 2. The van der Waals surface area contributed by atoms with Gasteiger partial charge in [0.25, 0.3) is 5.78 Å². The van der Waals surface area contributed by atoms with Crippen molar-refractivity contribution in [2.45, 2.75) is 6.04 Å². The Labute approximate surface area is 215 Å². The second-order valence-electron chi connectivity index (χ2n) is 8.12. The van der Waals surface area contributed by atoms with Crippen molar-refractivity contribution >= 4 is 44.1 Å². The van der Waals surface area contributed by atoms with E-state index >= 15 is 0 Å². The standard InChI is InChI=1S/C27H21FN2O6S/c1-34-17-8-4-14(5-9-17)23-22(24(31)15-6-11-19(35-2)20(12-15)36-3)25(32)26(33)30(23)27-29-18-10-7-16(28)13-21(18)37-27/h4-13,23,31H,1-3H3/b24-22+. The van der Waals surface area contributed by atoms with Gasteiger partial charge in [0.15, 0.2) is 16.6 Å². The summed E-state index contributed by atoms with van der Waals surface area (Å²) in [6.07, 6.45) is 0. The van der Waals surface area contributed by atoms with Gasteiger partial charge in [-0.15, -0.1) is 0 Å². The first-order chi connectivity index (χ1) is 17.9. The zero-order chi connectivity index (χ0) is 26.3. The summed E-state index contributed by atoms with van der Waals surface area (Å²) in [5.74, 6) is -1.19. The molecule has 1 saturated heterocycles. The number of ether oxygens (including phenoxy) is 3. The minimum Gasteiger partial charge on any atom is -0.507 e. The molecule has 1 amide bonds. The quantitative estimate of drug-likeness (QED) is 0.215. The lowest BCUT2D eigenvalue weighted by Gasteiger charge is -2.23. The molecule has 4 aromatic rings. The Morgan fingerprint density at radius 3 is 2.35 bits per heavy atom. The van der Waals surface area contributed by atoms with Gasteiger partial charge in [0.05, 0.1) is 43.2 Å². The van der Waals surface area contributed by atoms with Crippen molar-refractivity contribution in [2.75, 3.05) is 26.2 Å². The fourth-order valence-electron chi connectivity index (χ4n) is 4.26. The van der Waals surface area contributed by atoms with Crippen LogP contribution in [0, 0.1) is 5.82 Å². The largest absolute Gasteiger partial charge is 0.507 e. The Bertz CT molecular complexity index is 1560. The molecule has 5 rings (SSSR count). The number of hydrogen-bond acceptors (Lipinski definition) is 8. The van der Waals surface area contributed by atoms with Crippen molar-refractivity contribution in [3.8, 4) is 17.2 Å². The monoisotopic (exact) mass is 520 g/mol. The zero-order valence-electron chi connectivity index (χ0n) is 20.0. The molecule has 10 heteroatoms. The van der Waals surface area contributed by atoms with Crippen molar-refractivity contribution in [1.82, 2.24) is 4.98 Å². The van der Waals surface area contributed by atoms with Crippen molar-refractivity contribution in [3.63, 3.8) is 0 Å². The molecule has 0 bridgehead atoms. The van der Waals surface area contributed by atoms with E-state index < -0.39 is 23.5 Å². The van der Waals surface area contributed by atoms with Gasteiger partial charge < -0.3 is 19.3 Å². The third kappa shape index (κ3) is 4.15. The highest BCUT2D eigenvalue weighted by Gasteiger charge is 2.48. The van der Waals surface area contributed by atoms with E-state index in [0.717, 1.165) is 11.3 Å². The van der Waals surface area contributed by atoms with Gasteiger partial charge >= 0.3 is 5.91 Å². The second kappa shape index (κ2) is 9.55. The lowest BCUT2D eigenvalue weighted by Crippen LogP contribution is -2.29. The summed E-state index contributed by atoms with van der Waals surface area (Å²) in [5, 5.41) is 11.6. The predicted octanol–water partition coefficient (Wildman–Crippen LogP) is 5.09. The molecule has 0 radical (unpaired) electrons. The Morgan fingerprint density at radius 1 is 0.946 bits per heavy atom. The van der Waals surface area contributed by atoms with Gasteiger partial charge in [-0.05, 0) is 54.1 Å². The Hall–Kier alpha value is -4.44. The van der Waals surface area contributed by atoms with Gasteiger partial charge in [-0.25, -0.2) is 9.37 Å². The van der Waals surface area contributed by atoms with Gasteiger partial charge in [-0.3, -0.25) is 14.5 Å². The molecule has 3 aromatic carbocycles. The van der Waals surface area contributed by atoms with Crippen molar-refractivity contribution in [2.24, 2.45) is 0 Å². The molecule has 1 aliphatic heterocycles. The molecule has 1 unspecified atom stereocenters. The van der Waals surface area contributed by atoms with Crippen molar-refractivity contribution in [1.29, 1.82) is 0 Å². The number of methoxy groups -OCH3 is 3. The highest BCUT2D eigenvalue weighted by molar-refractivity contribution is 7.22. The number of hydrogen-bond donors (Lipinski definition) is 1. The summed E-state index contributed by atoms with van der Waals surface area (Å²) in [4.78, 5) is 32.5. The molecule has 188 valence electrons. The highest BCUT2D eigenvalue weighted by atomic mass is 32.1. The summed E-state index contributed by atoms with van der Waals surface area (Å²) < 4.78 is 30.2. The summed E-state index contributed by atoms with van der Waals surface area (Å²) >= 11 is 1.08. The number of Topliss-reactive ketones (excluding diaryl/α,β-unsaturated/α-hetero) is 1. The molecule has 1 aliphatic rings. The van der Waals surface area contributed by atoms with E-state index in [1.54, 1.807) is 36.4 Å². The molecule has 1 fully saturated rings. The number of benzene rings is 3. The van der Waals surface area contributed by atoms with Crippen molar-refractivity contribution < 1.29 is 33.3 Å². The van der Waals surface area contributed by atoms with Crippen LogP contribution < -0.4 is 19.1 Å². The summed E-state index contributed by atoms with van der Waals surface area (Å²) in [6, 6.07) is 14.6. The maximum Gasteiger partial charge on any atom is 0.301 e. The number of aromatic nitrogens is 1. The fraction of sp³-hybridized carbons (Fsp3) is 0.148. The molecule has 0 spiro atoms. The SMILES string of the molecule is COc1ccc(C2/C(=C(\O)c3ccc(OC)c(OC)c3)C(=O)C(=O)N2c2nc3ccc(F)cc3s2)cc1. The van der Waals surface area contributed by atoms with E-state index in [1.807, 2.05) is 0 Å². The molecule has 1 atom stereocenters. The van der Waals surface area contributed by atoms with Crippen LogP contribution in [0.25, 0.3) is 16.0 Å². The van der Waals surface area contributed by atoms with E-state index in [-0.39, 0.29) is 22.0 Å². The van der Waals surface area contributed by atoms with E-state index in [4.69, 9.17) is 14.2 Å². The van der Waals surface area contributed by atoms with Crippen LogP contribution in [0.3, 0.4) is 0 Å². The molecule has 8 nitrogen and oxygen atoms in total. The first kappa shape index (κ1) is 24.3. The molecular weight excluding hydrogens is 499 g/mol. The lowest BCUT2D eigenvalue weighted by atomic mass is 9.95. The zero-order valence-corrected chi connectivity index (χ0v) is 20.8. The molecule has 1 aromatic heterocycles. The number of fused-ring (bicyclic) bond motifs is 1. The van der Waals surface area contributed by atoms with E-state index in [0.29, 0.717) is 33.0 Å². The molecular formula is C27H21FN2O6S. The highest BCUT2D eigenvalue weighted by Crippen LogP contribution is 2.45. The first-order valence-electron chi connectivity index (χ1n) is 11.1. The molecule has 37 heavy (non-hydrogen) atoms. The van der Waals surface area contributed by atoms with Crippen LogP contribution in [-0.4, -0.2) is 43.1 Å². The van der Waals surface area contributed by atoms with Gasteiger partial charge in [-0.2, -0.15) is 0 Å². The third-order valence-corrected chi connectivity index (χ3v) is 7.10. The average molecular weight is 521 g/mol. The van der Waals surface area contributed by atoms with E-state index in [2.05, 4.69) is 4.98 Å². The number of thiazole rings is 1. The Morgan fingerprint density at radius 2 is 1.68 bits per heavy atom. The summed E-state index contributed by atoms with van der Waals surface area (Å²) in [6.45, 7) is 0. The number of anilines is 1. The average Bonchev–Trinajstić information content (AvgIpc) is 3.45. The third-order valence-electron chi connectivity index (χ3n) is 6.08.